The first-order valence-electron chi connectivity index (χ1n) is 5.83. The molecule has 0 aliphatic rings. The summed E-state index contributed by atoms with van der Waals surface area (Å²) in [5.41, 5.74) is 4.91. The van der Waals surface area contributed by atoms with E-state index in [-0.39, 0.29) is 5.52 Å². The molecule has 0 saturated carbocycles. The molecular weight excluding hydrogens is 252 g/mol. The zero-order valence-corrected chi connectivity index (χ0v) is 10.5. The third-order valence-corrected chi connectivity index (χ3v) is 2.59. The number of fused-ring (bicyclic) bond motifs is 1. The fourth-order valence-electron chi connectivity index (χ4n) is 1.71. The van der Waals surface area contributed by atoms with Gasteiger partial charge in [-0.2, -0.15) is 4.98 Å². The minimum absolute atomic E-state index is 0.246. The van der Waals surface area contributed by atoms with Crippen LogP contribution in [0.4, 0.5) is 5.95 Å². The van der Waals surface area contributed by atoms with Crippen LogP contribution in [0.1, 0.15) is 0 Å². The van der Waals surface area contributed by atoms with Gasteiger partial charge >= 0.3 is 5.69 Å². The highest BCUT2D eigenvalue weighted by atomic mass is 16.5. The second-order valence-corrected chi connectivity index (χ2v) is 3.90. The molecule has 0 spiro atoms. The van der Waals surface area contributed by atoms with Gasteiger partial charge in [0.25, 0.3) is 5.56 Å². The van der Waals surface area contributed by atoms with E-state index in [0.29, 0.717) is 37.8 Å². The zero-order valence-electron chi connectivity index (χ0n) is 10.5. The lowest BCUT2D eigenvalue weighted by atomic mass is 10.5. The first-order chi connectivity index (χ1) is 9.17. The molecule has 104 valence electrons. The number of nitrogens with one attached hydrogen (secondary N) is 3. The molecule has 2 rings (SSSR count). The number of methoxy groups -OCH3 is 1. The van der Waals surface area contributed by atoms with Crippen molar-refractivity contribution in [3.05, 3.63) is 20.8 Å². The van der Waals surface area contributed by atoms with Gasteiger partial charge in [-0.15, -0.1) is 0 Å². The first-order valence-corrected chi connectivity index (χ1v) is 5.83. The van der Waals surface area contributed by atoms with E-state index in [1.165, 1.54) is 11.7 Å². The van der Waals surface area contributed by atoms with Crippen LogP contribution in [0.3, 0.4) is 0 Å². The number of anilines is 1. The summed E-state index contributed by atoms with van der Waals surface area (Å²) in [4.78, 5) is 32.7. The molecular formula is C10H16N6O3. The fraction of sp³-hybridized carbons (Fsp3) is 0.500. The Kier molecular flexibility index (Phi) is 3.97. The lowest BCUT2D eigenvalue weighted by Gasteiger charge is -2.04. The van der Waals surface area contributed by atoms with E-state index in [9.17, 15) is 9.59 Å². The van der Waals surface area contributed by atoms with Crippen LogP contribution < -0.4 is 22.3 Å². The van der Waals surface area contributed by atoms with Gasteiger partial charge in [0, 0.05) is 20.2 Å². The number of aromatic amines is 2. The number of hydrogen-bond acceptors (Lipinski definition) is 6. The summed E-state index contributed by atoms with van der Waals surface area (Å²) in [7, 11) is 1.53. The van der Waals surface area contributed by atoms with Crippen LogP contribution in [0.5, 0.6) is 0 Å². The van der Waals surface area contributed by atoms with Gasteiger partial charge in [0.05, 0.1) is 13.2 Å². The molecule has 5 N–H and O–H groups in total. The van der Waals surface area contributed by atoms with E-state index < -0.39 is 11.2 Å². The molecule has 9 heteroatoms. The third kappa shape index (κ3) is 2.66. The number of H-pyrrole nitrogens is 2. The molecule has 0 atom stereocenters. The van der Waals surface area contributed by atoms with Crippen molar-refractivity contribution in [1.82, 2.24) is 19.5 Å². The minimum Gasteiger partial charge on any atom is -0.383 e. The number of rotatable bonds is 6. The average molecular weight is 268 g/mol. The predicted molar refractivity (Wildman–Crippen MR) is 70.4 cm³/mol. The molecule has 0 aliphatic heterocycles. The van der Waals surface area contributed by atoms with Crippen LogP contribution >= 0.6 is 0 Å². The topological polar surface area (TPSA) is 131 Å². The van der Waals surface area contributed by atoms with Crippen molar-refractivity contribution in [2.45, 2.75) is 6.54 Å². The van der Waals surface area contributed by atoms with Crippen molar-refractivity contribution in [2.24, 2.45) is 5.73 Å². The molecule has 9 nitrogen and oxygen atoms in total. The van der Waals surface area contributed by atoms with Gasteiger partial charge in [-0.25, -0.2) is 4.79 Å². The Hall–Kier alpha value is -2.13. The Morgan fingerprint density at radius 1 is 1.42 bits per heavy atom. The quantitative estimate of drug-likeness (QED) is 0.500. The number of nitrogens with zero attached hydrogens (tertiary/aromatic N) is 2. The molecule has 0 amide bonds. The Bertz CT molecular complexity index is 670. The Labute approximate surface area is 107 Å². The highest BCUT2D eigenvalue weighted by Crippen LogP contribution is 2.08. The van der Waals surface area contributed by atoms with Crippen molar-refractivity contribution in [2.75, 3.05) is 32.1 Å². The van der Waals surface area contributed by atoms with Crippen molar-refractivity contribution in [3.63, 3.8) is 0 Å². The van der Waals surface area contributed by atoms with Gasteiger partial charge in [-0.3, -0.25) is 14.3 Å². The molecule has 0 aliphatic carbocycles. The molecule has 0 saturated heterocycles. The Balaban J connectivity index is 2.51. The summed E-state index contributed by atoms with van der Waals surface area (Å²) < 4.78 is 6.28. The standard InChI is InChI=1S/C10H16N6O3/c1-19-5-4-16-7-6(8(17)15-10(16)18)13-9(14-7)12-3-2-11/h2-5,11H2,1H3,(H2,12,13,14)(H,15,17,18). The summed E-state index contributed by atoms with van der Waals surface area (Å²) in [6.07, 6.45) is 0. The normalized spacial score (nSPS) is 11.1. The Morgan fingerprint density at radius 2 is 2.21 bits per heavy atom. The molecule has 0 fully saturated rings. The maximum Gasteiger partial charge on any atom is 0.330 e. The van der Waals surface area contributed by atoms with Crippen molar-refractivity contribution < 1.29 is 4.74 Å². The molecule has 2 aromatic rings. The minimum atomic E-state index is -0.508. The van der Waals surface area contributed by atoms with Crippen molar-refractivity contribution in [3.8, 4) is 0 Å². The second-order valence-electron chi connectivity index (χ2n) is 3.90. The largest absolute Gasteiger partial charge is 0.383 e. The average Bonchev–Trinajstić information content (AvgIpc) is 2.80. The maximum absolute atomic E-state index is 11.7. The van der Waals surface area contributed by atoms with Gasteiger partial charge in [0.15, 0.2) is 11.2 Å². The molecule has 0 radical (unpaired) electrons. The number of hydrogen-bond donors (Lipinski definition) is 4. The lowest BCUT2D eigenvalue weighted by molar-refractivity contribution is 0.187. The second kappa shape index (κ2) is 5.67. The van der Waals surface area contributed by atoms with E-state index in [4.69, 9.17) is 10.5 Å². The Morgan fingerprint density at radius 3 is 2.89 bits per heavy atom. The van der Waals surface area contributed by atoms with Crippen LogP contribution in [0.15, 0.2) is 9.59 Å². The third-order valence-electron chi connectivity index (χ3n) is 2.59. The monoisotopic (exact) mass is 268 g/mol. The van der Waals surface area contributed by atoms with E-state index in [1.54, 1.807) is 0 Å². The predicted octanol–water partition coefficient (Wildman–Crippen LogP) is -1.57. The summed E-state index contributed by atoms with van der Waals surface area (Å²) >= 11 is 0. The van der Waals surface area contributed by atoms with Crippen LogP contribution in [0.2, 0.25) is 0 Å². The van der Waals surface area contributed by atoms with Gasteiger partial charge < -0.3 is 20.8 Å². The molecule has 19 heavy (non-hydrogen) atoms. The number of imidazole rings is 1. The van der Waals surface area contributed by atoms with Crippen molar-refractivity contribution >= 4 is 17.1 Å². The van der Waals surface area contributed by atoms with Crippen LogP contribution in [0, 0.1) is 0 Å². The summed E-state index contributed by atoms with van der Waals surface area (Å²) in [6, 6.07) is 0. The SMILES string of the molecule is COCCn1c(=O)[nH]c(=O)c2[nH]c(NCCN)nc21. The van der Waals surface area contributed by atoms with Gasteiger partial charge in [-0.05, 0) is 0 Å². The smallest absolute Gasteiger partial charge is 0.330 e. The first kappa shape index (κ1) is 13.3. The maximum atomic E-state index is 11.7. The highest BCUT2D eigenvalue weighted by molar-refractivity contribution is 5.72. The molecule has 2 aromatic heterocycles. The molecule has 2 heterocycles. The molecule has 0 unspecified atom stereocenters. The van der Waals surface area contributed by atoms with E-state index in [2.05, 4.69) is 20.3 Å². The highest BCUT2D eigenvalue weighted by Gasteiger charge is 2.12. The number of ether oxygens (including phenoxy) is 1. The van der Waals surface area contributed by atoms with E-state index >= 15 is 0 Å². The summed E-state index contributed by atoms with van der Waals surface area (Å²) in [5.74, 6) is 0.405. The van der Waals surface area contributed by atoms with Crippen LogP contribution in [-0.2, 0) is 11.3 Å². The van der Waals surface area contributed by atoms with Crippen LogP contribution in [0.25, 0.3) is 11.2 Å². The van der Waals surface area contributed by atoms with Gasteiger partial charge in [0.2, 0.25) is 5.95 Å². The summed E-state index contributed by atoms with van der Waals surface area (Å²) in [5, 5.41) is 2.92. The van der Waals surface area contributed by atoms with E-state index in [0.717, 1.165) is 0 Å². The van der Waals surface area contributed by atoms with E-state index in [1.807, 2.05) is 0 Å². The lowest BCUT2D eigenvalue weighted by Crippen LogP contribution is -2.31. The fourth-order valence-corrected chi connectivity index (χ4v) is 1.71. The molecule has 0 bridgehead atoms. The number of aromatic nitrogens is 4. The zero-order chi connectivity index (χ0) is 13.8. The summed E-state index contributed by atoms with van der Waals surface area (Å²) in [6.45, 7) is 1.60. The van der Waals surface area contributed by atoms with Gasteiger partial charge in [0.1, 0.15) is 0 Å². The van der Waals surface area contributed by atoms with Gasteiger partial charge in [-0.1, -0.05) is 0 Å². The van der Waals surface area contributed by atoms with Crippen LogP contribution in [-0.4, -0.2) is 46.3 Å². The molecule has 0 aromatic carbocycles. The van der Waals surface area contributed by atoms with Crippen molar-refractivity contribution in [1.29, 1.82) is 0 Å². The number of nitrogens with two attached hydrogens (primary N) is 1.